The number of hydrogen-bond acceptors (Lipinski definition) is 4. The summed E-state index contributed by atoms with van der Waals surface area (Å²) >= 11 is 0. The van der Waals surface area contributed by atoms with Gasteiger partial charge in [-0.25, -0.2) is 0 Å². The molecule has 2 fully saturated rings. The summed E-state index contributed by atoms with van der Waals surface area (Å²) in [6.45, 7) is 8.86. The van der Waals surface area contributed by atoms with E-state index in [-0.39, 0.29) is 5.91 Å². The van der Waals surface area contributed by atoms with Crippen LogP contribution in [0.15, 0.2) is 36.4 Å². The van der Waals surface area contributed by atoms with E-state index >= 15 is 0 Å². The molecule has 34 heavy (non-hydrogen) atoms. The Balaban J connectivity index is 1.31. The van der Waals surface area contributed by atoms with Gasteiger partial charge < -0.3 is 9.64 Å². The first-order chi connectivity index (χ1) is 16.4. The monoisotopic (exact) mass is 454 g/mol. The minimum atomic E-state index is 0.0600. The maximum Gasteiger partial charge on any atom is 0.254 e. The van der Waals surface area contributed by atoms with Gasteiger partial charge in [0.2, 0.25) is 0 Å². The van der Waals surface area contributed by atoms with E-state index in [9.17, 15) is 4.79 Å². The normalized spacial score (nSPS) is 15.8. The molecule has 0 radical (unpaired) electrons. The Morgan fingerprint density at radius 2 is 1.88 bits per heavy atom. The summed E-state index contributed by atoms with van der Waals surface area (Å²) in [5, 5.41) is 16.7. The number of likely N-dealkylation sites (tertiary alicyclic amines) is 1. The third kappa shape index (κ3) is 4.36. The van der Waals surface area contributed by atoms with Gasteiger partial charge in [-0.3, -0.25) is 9.89 Å². The molecule has 5 rings (SSSR count). The van der Waals surface area contributed by atoms with Gasteiger partial charge in [0.1, 0.15) is 0 Å². The Bertz CT molecular complexity index is 1260. The molecule has 1 aromatic heterocycles. The van der Waals surface area contributed by atoms with Crippen LogP contribution in [0.4, 0.5) is 0 Å². The van der Waals surface area contributed by atoms with Crippen molar-refractivity contribution in [2.75, 3.05) is 19.7 Å². The van der Waals surface area contributed by atoms with E-state index in [1.165, 1.54) is 18.4 Å². The van der Waals surface area contributed by atoms with Crippen LogP contribution in [0.1, 0.15) is 62.6 Å². The fraction of sp³-hybridized carbons (Fsp3) is 0.393. The van der Waals surface area contributed by atoms with Crippen LogP contribution in [0.5, 0.6) is 0 Å². The average Bonchev–Trinajstić information content (AvgIpc) is 3.56. The molecule has 3 aromatic rings. The van der Waals surface area contributed by atoms with Crippen molar-refractivity contribution in [3.05, 3.63) is 75.5 Å². The fourth-order valence-electron chi connectivity index (χ4n) is 4.64. The largest absolute Gasteiger partial charge is 0.375 e. The van der Waals surface area contributed by atoms with Crippen molar-refractivity contribution >= 4 is 5.91 Å². The number of aryl methyl sites for hydroxylation is 2. The van der Waals surface area contributed by atoms with Gasteiger partial charge in [0.25, 0.3) is 5.91 Å². The predicted molar refractivity (Wildman–Crippen MR) is 130 cm³/mol. The van der Waals surface area contributed by atoms with Crippen LogP contribution < -0.4 is 0 Å². The fourth-order valence-corrected chi connectivity index (χ4v) is 4.64. The van der Waals surface area contributed by atoms with Gasteiger partial charge in [-0.05, 0) is 74.4 Å². The van der Waals surface area contributed by atoms with E-state index in [4.69, 9.17) is 10.00 Å². The second-order valence-electron chi connectivity index (χ2n) is 9.76. The van der Waals surface area contributed by atoms with E-state index in [0.717, 1.165) is 51.7 Å². The van der Waals surface area contributed by atoms with Crippen molar-refractivity contribution in [2.45, 2.75) is 46.1 Å². The van der Waals surface area contributed by atoms with Gasteiger partial charge in [0.15, 0.2) is 0 Å². The molecule has 0 spiro atoms. The summed E-state index contributed by atoms with van der Waals surface area (Å²) < 4.78 is 5.85. The van der Waals surface area contributed by atoms with Crippen LogP contribution >= 0.6 is 0 Å². The Kier molecular flexibility index (Phi) is 5.97. The number of ether oxygens (including phenoxy) is 1. The Morgan fingerprint density at radius 1 is 1.15 bits per heavy atom. The van der Waals surface area contributed by atoms with E-state index < -0.39 is 0 Å². The maximum absolute atomic E-state index is 13.4. The summed E-state index contributed by atoms with van der Waals surface area (Å²) in [5.41, 5.74) is 8.59. The smallest absolute Gasteiger partial charge is 0.254 e. The molecule has 2 aliphatic rings. The van der Waals surface area contributed by atoms with Crippen molar-refractivity contribution in [2.24, 2.45) is 5.92 Å². The van der Waals surface area contributed by atoms with Crippen LogP contribution in [-0.2, 0) is 11.3 Å². The van der Waals surface area contributed by atoms with Crippen LogP contribution in [0.25, 0.3) is 11.3 Å². The minimum Gasteiger partial charge on any atom is -0.375 e. The summed E-state index contributed by atoms with van der Waals surface area (Å²) in [4.78, 5) is 15.3. The zero-order chi connectivity index (χ0) is 23.8. The Labute approximate surface area is 200 Å². The van der Waals surface area contributed by atoms with Crippen molar-refractivity contribution in [1.29, 1.82) is 5.26 Å². The number of carbonyl (C=O) groups excluding carboxylic acids is 1. The molecule has 2 heterocycles. The predicted octanol–water partition coefficient (Wildman–Crippen LogP) is 5.04. The van der Waals surface area contributed by atoms with E-state index in [1.54, 1.807) is 0 Å². The summed E-state index contributed by atoms with van der Waals surface area (Å²) in [7, 11) is 0. The third-order valence-corrected chi connectivity index (χ3v) is 7.14. The summed E-state index contributed by atoms with van der Waals surface area (Å²) in [6.07, 6.45) is 2.55. The molecule has 174 valence electrons. The molecular weight excluding hydrogens is 424 g/mol. The molecule has 0 bridgehead atoms. The lowest BCUT2D eigenvalue weighted by Crippen LogP contribution is -2.48. The first kappa shape index (κ1) is 22.4. The number of H-pyrrole nitrogens is 1. The highest BCUT2D eigenvalue weighted by Crippen LogP contribution is 2.33. The molecule has 6 nitrogen and oxygen atoms in total. The number of carbonyl (C=O) groups is 1. The number of nitrogens with zero attached hydrogens (tertiary/aromatic N) is 3. The van der Waals surface area contributed by atoms with Crippen molar-refractivity contribution in [3.63, 3.8) is 0 Å². The number of nitrogens with one attached hydrogen (secondary N) is 1. The van der Waals surface area contributed by atoms with Crippen LogP contribution in [-0.4, -0.2) is 40.7 Å². The molecule has 1 amide bonds. The molecule has 0 unspecified atom stereocenters. The van der Waals surface area contributed by atoms with Gasteiger partial charge >= 0.3 is 0 Å². The number of nitriles is 1. The number of benzene rings is 2. The van der Waals surface area contributed by atoms with Gasteiger partial charge in [-0.15, -0.1) is 0 Å². The van der Waals surface area contributed by atoms with Crippen molar-refractivity contribution in [3.8, 4) is 17.3 Å². The molecule has 1 N–H and O–H groups in total. The maximum atomic E-state index is 13.4. The highest BCUT2D eigenvalue weighted by molar-refractivity contribution is 5.98. The second kappa shape index (κ2) is 9.08. The lowest BCUT2D eigenvalue weighted by atomic mass is 9.89. The first-order valence-electron chi connectivity index (χ1n) is 12.0. The number of aromatic amines is 1. The molecule has 1 saturated heterocycles. The van der Waals surface area contributed by atoms with Gasteiger partial charge in [-0.1, -0.05) is 18.2 Å². The highest BCUT2D eigenvalue weighted by Gasteiger charge is 2.33. The standard InChI is InChI=1S/C28H30N4O2/c1-17-10-18(2)25(28(33)32-13-23(14-32)22-8-6-20(12-29)7-9-22)11-24(17)27-19(3)26(30-31-27)16-34-15-21-4-5-21/h6-11,21,23H,4-5,13-16H2,1-3H3,(H,30,31). The molecule has 1 saturated carbocycles. The van der Waals surface area contributed by atoms with Gasteiger partial charge in [-0.2, -0.15) is 10.4 Å². The minimum absolute atomic E-state index is 0.0600. The molecule has 0 atom stereocenters. The number of hydrogen-bond donors (Lipinski definition) is 1. The van der Waals surface area contributed by atoms with Crippen molar-refractivity contribution in [1.82, 2.24) is 15.1 Å². The summed E-state index contributed by atoms with van der Waals surface area (Å²) in [6, 6.07) is 13.9. The Morgan fingerprint density at radius 3 is 2.56 bits per heavy atom. The van der Waals surface area contributed by atoms with E-state index in [1.807, 2.05) is 42.2 Å². The SMILES string of the molecule is Cc1cc(C)c(-c2n[nH]c(COCC3CC3)c2C)cc1C(=O)N1CC(c2ccc(C#N)cc2)C1. The summed E-state index contributed by atoms with van der Waals surface area (Å²) in [5.74, 6) is 1.10. The highest BCUT2D eigenvalue weighted by atomic mass is 16.5. The van der Waals surface area contributed by atoms with Crippen LogP contribution in [0.2, 0.25) is 0 Å². The van der Waals surface area contributed by atoms with E-state index in [2.05, 4.69) is 36.2 Å². The zero-order valence-electron chi connectivity index (χ0n) is 20.0. The quantitative estimate of drug-likeness (QED) is 0.542. The molecule has 6 heteroatoms. The van der Waals surface area contributed by atoms with E-state index in [0.29, 0.717) is 31.2 Å². The van der Waals surface area contributed by atoms with Gasteiger partial charge in [0, 0.05) is 42.3 Å². The number of aromatic nitrogens is 2. The lowest BCUT2D eigenvalue weighted by molar-refractivity contribution is 0.0601. The first-order valence-corrected chi connectivity index (χ1v) is 12.0. The number of rotatable bonds is 7. The average molecular weight is 455 g/mol. The molecule has 1 aliphatic carbocycles. The number of amides is 1. The van der Waals surface area contributed by atoms with Gasteiger partial charge in [0.05, 0.1) is 29.6 Å². The molecule has 1 aliphatic heterocycles. The topological polar surface area (TPSA) is 82.0 Å². The Hall–Kier alpha value is -3.43. The zero-order valence-corrected chi connectivity index (χ0v) is 20.0. The second-order valence-corrected chi connectivity index (χ2v) is 9.76. The third-order valence-electron chi connectivity index (χ3n) is 7.14. The molecular formula is C28H30N4O2. The van der Waals surface area contributed by atoms with Crippen molar-refractivity contribution < 1.29 is 9.53 Å². The lowest BCUT2D eigenvalue weighted by Gasteiger charge is -2.40. The van der Waals surface area contributed by atoms with Crippen LogP contribution in [0.3, 0.4) is 0 Å². The molecule has 2 aromatic carbocycles. The van der Waals surface area contributed by atoms with Crippen LogP contribution in [0, 0.1) is 38.0 Å².